The summed E-state index contributed by atoms with van der Waals surface area (Å²) in [6.07, 6.45) is 6.54. The molecule has 0 aromatic carbocycles. The van der Waals surface area contributed by atoms with E-state index in [2.05, 4.69) is 11.8 Å². The fourth-order valence-corrected chi connectivity index (χ4v) is 1.31. The van der Waals surface area contributed by atoms with Crippen LogP contribution >= 0.6 is 0 Å². The van der Waals surface area contributed by atoms with Crippen LogP contribution < -0.4 is 0 Å². The van der Waals surface area contributed by atoms with E-state index in [1.165, 1.54) is 0 Å². The molecule has 0 aliphatic heterocycles. The number of aliphatic hydroxyl groups excluding tert-OH is 2. The summed E-state index contributed by atoms with van der Waals surface area (Å²) >= 11 is 0. The van der Waals surface area contributed by atoms with Crippen LogP contribution in [0, 0.1) is 11.8 Å². The van der Waals surface area contributed by atoms with Crippen molar-refractivity contribution in [3.8, 4) is 11.8 Å². The molecule has 20 heavy (non-hydrogen) atoms. The fraction of sp³-hybridized carbons (Fsp3) is 0.562. The van der Waals surface area contributed by atoms with Crippen molar-refractivity contribution < 1.29 is 19.7 Å². The van der Waals surface area contributed by atoms with Gasteiger partial charge in [0.2, 0.25) is 0 Å². The number of hydrogen-bond donors (Lipinski definition) is 2. The number of allylic oxidation sites excluding steroid dienone is 3. The van der Waals surface area contributed by atoms with Gasteiger partial charge in [-0.15, -0.1) is 0 Å². The maximum Gasteiger partial charge on any atom is 0.306 e. The molecular weight excluding hydrogens is 256 g/mol. The average Bonchev–Trinajstić information content (AvgIpc) is 2.32. The van der Waals surface area contributed by atoms with Crippen molar-refractivity contribution in [1.82, 2.24) is 0 Å². The first-order valence-corrected chi connectivity index (χ1v) is 6.81. The number of rotatable bonds is 7. The van der Waals surface area contributed by atoms with Crippen molar-refractivity contribution in [2.75, 3.05) is 0 Å². The second kappa shape index (κ2) is 11.3. The second-order valence-corrected chi connectivity index (χ2v) is 4.72. The van der Waals surface area contributed by atoms with Crippen LogP contribution in [0.5, 0.6) is 0 Å². The topological polar surface area (TPSA) is 66.8 Å². The fourth-order valence-electron chi connectivity index (χ4n) is 1.31. The highest BCUT2D eigenvalue weighted by Crippen LogP contribution is 2.03. The van der Waals surface area contributed by atoms with Crippen LogP contribution in [-0.2, 0) is 9.53 Å². The van der Waals surface area contributed by atoms with Crippen LogP contribution in [0.15, 0.2) is 24.3 Å². The van der Waals surface area contributed by atoms with Gasteiger partial charge in [0.15, 0.2) is 0 Å². The molecule has 0 bridgehead atoms. The Kier molecular flexibility index (Phi) is 10.4. The van der Waals surface area contributed by atoms with E-state index < -0.39 is 12.2 Å². The molecule has 0 aliphatic carbocycles. The summed E-state index contributed by atoms with van der Waals surface area (Å²) in [6.45, 7) is 5.26. The molecule has 0 saturated heterocycles. The zero-order valence-electron chi connectivity index (χ0n) is 12.4. The third-order valence-electron chi connectivity index (χ3n) is 2.16. The van der Waals surface area contributed by atoms with E-state index in [1.54, 1.807) is 45.1 Å². The lowest BCUT2D eigenvalue weighted by Gasteiger charge is -2.07. The summed E-state index contributed by atoms with van der Waals surface area (Å²) in [5.74, 6) is 5.11. The molecule has 0 amide bonds. The highest BCUT2D eigenvalue weighted by molar-refractivity contribution is 5.69. The Morgan fingerprint density at radius 2 is 1.95 bits per heavy atom. The Morgan fingerprint density at radius 3 is 2.55 bits per heavy atom. The molecule has 2 N–H and O–H groups in total. The summed E-state index contributed by atoms with van der Waals surface area (Å²) in [7, 11) is 0. The van der Waals surface area contributed by atoms with Crippen LogP contribution in [-0.4, -0.2) is 34.5 Å². The lowest BCUT2D eigenvalue weighted by Crippen LogP contribution is -2.12. The maximum absolute atomic E-state index is 11.2. The largest absolute Gasteiger partial charge is 0.463 e. The number of carbonyl (C=O) groups is 1. The number of esters is 1. The molecule has 4 heteroatoms. The first-order chi connectivity index (χ1) is 9.41. The van der Waals surface area contributed by atoms with Gasteiger partial charge in [-0.3, -0.25) is 4.79 Å². The van der Waals surface area contributed by atoms with Crippen molar-refractivity contribution in [3.05, 3.63) is 24.3 Å². The smallest absolute Gasteiger partial charge is 0.306 e. The quantitative estimate of drug-likeness (QED) is 0.425. The summed E-state index contributed by atoms with van der Waals surface area (Å²) in [6, 6.07) is 0. The van der Waals surface area contributed by atoms with Crippen LogP contribution in [0.1, 0.15) is 40.0 Å². The van der Waals surface area contributed by atoms with E-state index in [0.29, 0.717) is 19.3 Å². The van der Waals surface area contributed by atoms with Crippen molar-refractivity contribution in [3.63, 3.8) is 0 Å². The summed E-state index contributed by atoms with van der Waals surface area (Å²) in [5, 5.41) is 18.5. The van der Waals surface area contributed by atoms with E-state index in [-0.39, 0.29) is 12.1 Å². The molecule has 0 aromatic rings. The molecule has 2 atom stereocenters. The van der Waals surface area contributed by atoms with Gasteiger partial charge in [-0.05, 0) is 39.7 Å². The Balaban J connectivity index is 3.84. The van der Waals surface area contributed by atoms with Crippen molar-refractivity contribution >= 4 is 5.97 Å². The van der Waals surface area contributed by atoms with Gasteiger partial charge in [-0.25, -0.2) is 0 Å². The van der Waals surface area contributed by atoms with Gasteiger partial charge in [0.1, 0.15) is 6.10 Å². The second-order valence-electron chi connectivity index (χ2n) is 4.72. The number of carbonyl (C=O) groups excluding carboxylic acids is 1. The molecule has 0 spiro atoms. The minimum atomic E-state index is -0.743. The normalized spacial score (nSPS) is 14.3. The van der Waals surface area contributed by atoms with Crippen LogP contribution in [0.25, 0.3) is 0 Å². The number of ether oxygens (including phenoxy) is 1. The third kappa shape index (κ3) is 12.9. The van der Waals surface area contributed by atoms with E-state index in [9.17, 15) is 9.90 Å². The third-order valence-corrected chi connectivity index (χ3v) is 2.16. The Labute approximate surface area is 121 Å². The number of hydrogen-bond acceptors (Lipinski definition) is 4. The first-order valence-electron chi connectivity index (χ1n) is 6.81. The van der Waals surface area contributed by atoms with Crippen molar-refractivity contribution in [1.29, 1.82) is 0 Å². The lowest BCUT2D eigenvalue weighted by molar-refractivity contribution is -0.147. The highest BCUT2D eigenvalue weighted by atomic mass is 16.5. The van der Waals surface area contributed by atoms with Crippen molar-refractivity contribution in [2.24, 2.45) is 0 Å². The van der Waals surface area contributed by atoms with E-state index >= 15 is 0 Å². The van der Waals surface area contributed by atoms with Crippen LogP contribution in [0.2, 0.25) is 0 Å². The van der Waals surface area contributed by atoms with E-state index in [0.717, 1.165) is 0 Å². The summed E-state index contributed by atoms with van der Waals surface area (Å²) in [4.78, 5) is 11.2. The first kappa shape index (κ1) is 18.4. The van der Waals surface area contributed by atoms with Gasteiger partial charge in [0, 0.05) is 6.42 Å². The predicted octanol–water partition coefficient (Wildman–Crippen LogP) is 1.97. The number of aliphatic hydroxyl groups is 2. The van der Waals surface area contributed by atoms with E-state index in [1.807, 2.05) is 0 Å². The Morgan fingerprint density at radius 1 is 1.25 bits per heavy atom. The predicted molar refractivity (Wildman–Crippen MR) is 78.8 cm³/mol. The molecule has 0 rings (SSSR count). The minimum Gasteiger partial charge on any atom is -0.463 e. The van der Waals surface area contributed by atoms with Gasteiger partial charge in [0.05, 0.1) is 12.2 Å². The molecule has 0 heterocycles. The van der Waals surface area contributed by atoms with Crippen LogP contribution in [0.3, 0.4) is 0 Å². The molecule has 4 nitrogen and oxygen atoms in total. The molecule has 112 valence electrons. The standard InChI is InChI=1S/C16H24O4/c1-13(2)20-16(19)12-8-11-15(18)10-7-5-4-6-9-14(3)17/h4-6,9,13-15,17-18H,8,11-12H2,1-3H3/b5-4+,9-6+/t14-,15-/m1/s1. The average molecular weight is 280 g/mol. The van der Waals surface area contributed by atoms with Gasteiger partial charge in [0.25, 0.3) is 0 Å². The molecule has 0 saturated carbocycles. The summed E-state index contributed by atoms with van der Waals surface area (Å²) < 4.78 is 4.98. The minimum absolute atomic E-state index is 0.105. The summed E-state index contributed by atoms with van der Waals surface area (Å²) in [5.41, 5.74) is 0. The van der Waals surface area contributed by atoms with Gasteiger partial charge < -0.3 is 14.9 Å². The zero-order valence-corrected chi connectivity index (χ0v) is 12.4. The SMILES string of the molecule is CC(C)OC(=O)CCC[C@H](O)C#C/C=C/C=C/[C@@H](C)O. The molecular formula is C16H24O4. The van der Waals surface area contributed by atoms with Gasteiger partial charge in [-0.1, -0.05) is 30.1 Å². The molecule has 0 aromatic heterocycles. The molecule has 0 radical (unpaired) electrons. The van der Waals surface area contributed by atoms with Crippen molar-refractivity contribution in [2.45, 2.75) is 58.3 Å². The van der Waals surface area contributed by atoms with E-state index in [4.69, 9.17) is 9.84 Å². The Bertz CT molecular complexity index is 383. The lowest BCUT2D eigenvalue weighted by atomic mass is 10.1. The monoisotopic (exact) mass is 280 g/mol. The van der Waals surface area contributed by atoms with Crippen LogP contribution in [0.4, 0.5) is 0 Å². The molecule has 0 fully saturated rings. The zero-order chi connectivity index (χ0) is 15.4. The molecule has 0 unspecified atom stereocenters. The Hall–Kier alpha value is -1.57. The van der Waals surface area contributed by atoms with Gasteiger partial charge >= 0.3 is 5.97 Å². The maximum atomic E-state index is 11.2. The highest BCUT2D eigenvalue weighted by Gasteiger charge is 2.06. The molecule has 0 aliphatic rings. The van der Waals surface area contributed by atoms with Gasteiger partial charge in [-0.2, -0.15) is 0 Å².